The molecule has 5 nitrogen and oxygen atoms in total. The average molecular weight is 401 g/mol. The van der Waals surface area contributed by atoms with E-state index in [-0.39, 0.29) is 0 Å². The topological polar surface area (TPSA) is 40.6 Å². The number of ether oxygens (including phenoxy) is 1. The highest BCUT2D eigenvalue weighted by molar-refractivity contribution is 5.84. The zero-order valence-corrected chi connectivity index (χ0v) is 17.4. The molecule has 2 aromatic rings. The molecule has 1 N–H and O–H groups in total. The first kappa shape index (κ1) is 20.0. The van der Waals surface area contributed by atoms with Gasteiger partial charge in [-0.15, -0.1) is 0 Å². The molecule has 2 aliphatic rings. The lowest BCUT2D eigenvalue weighted by Gasteiger charge is -2.27. The van der Waals surface area contributed by atoms with Gasteiger partial charge in [-0.3, -0.25) is 9.88 Å². The van der Waals surface area contributed by atoms with Gasteiger partial charge in [-0.2, -0.15) is 0 Å². The van der Waals surface area contributed by atoms with Crippen LogP contribution in [0.2, 0.25) is 0 Å². The number of aromatic nitrogens is 1. The Balaban J connectivity index is 1.53. The smallest absolute Gasteiger partial charge is 0.127 e. The summed E-state index contributed by atoms with van der Waals surface area (Å²) in [5, 5.41) is 3.45. The van der Waals surface area contributed by atoms with Gasteiger partial charge in [0.25, 0.3) is 0 Å². The third kappa shape index (κ3) is 4.16. The molecular formula is C25H28N4O. The molecule has 0 bridgehead atoms. The van der Waals surface area contributed by atoms with Gasteiger partial charge in [0.1, 0.15) is 17.3 Å². The minimum Gasteiger partial charge on any atom is -0.458 e. The highest BCUT2D eigenvalue weighted by atomic mass is 16.5. The van der Waals surface area contributed by atoms with Crippen molar-refractivity contribution in [3.05, 3.63) is 97.5 Å². The van der Waals surface area contributed by atoms with Crippen molar-refractivity contribution in [1.29, 1.82) is 0 Å². The van der Waals surface area contributed by atoms with Crippen LogP contribution in [0.4, 0.5) is 11.4 Å². The van der Waals surface area contributed by atoms with E-state index >= 15 is 0 Å². The lowest BCUT2D eigenvalue weighted by atomic mass is 10.1. The van der Waals surface area contributed by atoms with E-state index in [4.69, 9.17) is 4.74 Å². The number of hydrogen-bond acceptors (Lipinski definition) is 5. The van der Waals surface area contributed by atoms with Crippen LogP contribution in [0.1, 0.15) is 13.3 Å². The molecule has 0 unspecified atom stereocenters. The molecule has 5 heteroatoms. The molecule has 1 saturated heterocycles. The van der Waals surface area contributed by atoms with E-state index in [9.17, 15) is 0 Å². The Morgan fingerprint density at radius 2 is 2.07 bits per heavy atom. The predicted molar refractivity (Wildman–Crippen MR) is 123 cm³/mol. The summed E-state index contributed by atoms with van der Waals surface area (Å²) in [6.07, 6.45) is 10.9. The third-order valence-corrected chi connectivity index (χ3v) is 5.47. The predicted octanol–water partition coefficient (Wildman–Crippen LogP) is 4.84. The first-order valence-electron chi connectivity index (χ1n) is 10.3. The number of fused-ring (bicyclic) bond motifs is 1. The summed E-state index contributed by atoms with van der Waals surface area (Å²) in [4.78, 5) is 8.82. The van der Waals surface area contributed by atoms with Crippen LogP contribution in [-0.2, 0) is 0 Å². The maximum absolute atomic E-state index is 5.80. The Kier molecular flexibility index (Phi) is 6.00. The Hall–Kier alpha value is -3.31. The van der Waals surface area contributed by atoms with E-state index in [0.717, 1.165) is 48.3 Å². The second-order valence-corrected chi connectivity index (χ2v) is 7.51. The highest BCUT2D eigenvalue weighted by Crippen LogP contribution is 2.43. The molecule has 0 spiro atoms. The molecule has 2 aliphatic heterocycles. The van der Waals surface area contributed by atoms with Gasteiger partial charge in [0.15, 0.2) is 0 Å². The zero-order chi connectivity index (χ0) is 20.9. The van der Waals surface area contributed by atoms with Crippen LogP contribution < -0.4 is 19.9 Å². The average Bonchev–Trinajstić information content (AvgIpc) is 3.37. The van der Waals surface area contributed by atoms with Crippen LogP contribution in [0.25, 0.3) is 0 Å². The maximum Gasteiger partial charge on any atom is 0.127 e. The van der Waals surface area contributed by atoms with Crippen LogP contribution in [0, 0.1) is 5.92 Å². The number of pyridine rings is 1. The standard InChI is InChI=1S/C25H28N4O/c1-4-22(11-10-19(2)30-23-8-6-5-7-9-23)29-20(3)28(18-21-12-14-26-16-21)24-13-15-27-17-25(24)29/h4-11,13,15,17,21,26H,2-3,12,14,16,18H2,1H3/b11-10-,22-4+/t21-/m1/s1. The SMILES string of the molecule is C=C(/C=C\C(=C/C)N1C(=C)N(C[C@@H]2CCNC2)c2ccncc21)Oc1ccccc1. The van der Waals surface area contributed by atoms with Gasteiger partial charge in [-0.1, -0.05) is 37.4 Å². The van der Waals surface area contributed by atoms with Crippen LogP contribution in [0.15, 0.2) is 97.5 Å². The number of nitrogens with one attached hydrogen (secondary N) is 1. The summed E-state index contributed by atoms with van der Waals surface area (Å²) in [6.45, 7) is 13.5. The fraction of sp³-hybridized carbons (Fsp3) is 0.240. The molecule has 30 heavy (non-hydrogen) atoms. The molecule has 0 saturated carbocycles. The van der Waals surface area contributed by atoms with Gasteiger partial charge < -0.3 is 15.0 Å². The third-order valence-electron chi connectivity index (χ3n) is 5.47. The molecule has 154 valence electrons. The fourth-order valence-electron chi connectivity index (χ4n) is 3.95. The number of anilines is 2. The number of rotatable bonds is 7. The van der Waals surface area contributed by atoms with E-state index in [1.165, 1.54) is 6.42 Å². The second-order valence-electron chi connectivity index (χ2n) is 7.51. The Morgan fingerprint density at radius 1 is 1.23 bits per heavy atom. The molecule has 1 aromatic carbocycles. The summed E-state index contributed by atoms with van der Waals surface area (Å²) in [5.41, 5.74) is 3.19. The van der Waals surface area contributed by atoms with Gasteiger partial charge in [-0.05, 0) is 62.7 Å². The van der Waals surface area contributed by atoms with Gasteiger partial charge in [0, 0.05) is 18.4 Å². The van der Waals surface area contributed by atoms with Crippen LogP contribution in [0.3, 0.4) is 0 Å². The number of hydrogen-bond donors (Lipinski definition) is 1. The first-order chi connectivity index (χ1) is 14.7. The molecule has 1 fully saturated rings. The van der Waals surface area contributed by atoms with Crippen molar-refractivity contribution in [1.82, 2.24) is 10.3 Å². The van der Waals surface area contributed by atoms with Crippen molar-refractivity contribution in [3.8, 4) is 5.75 Å². The molecule has 0 aliphatic carbocycles. The Labute approximate surface area is 178 Å². The minimum atomic E-state index is 0.575. The summed E-state index contributed by atoms with van der Waals surface area (Å²) in [6, 6.07) is 11.7. The molecular weight excluding hydrogens is 372 g/mol. The van der Waals surface area contributed by atoms with Crippen molar-refractivity contribution < 1.29 is 4.74 Å². The summed E-state index contributed by atoms with van der Waals surface area (Å²) < 4.78 is 5.80. The summed E-state index contributed by atoms with van der Waals surface area (Å²) >= 11 is 0. The van der Waals surface area contributed by atoms with Gasteiger partial charge in [-0.25, -0.2) is 0 Å². The van der Waals surface area contributed by atoms with Crippen molar-refractivity contribution in [3.63, 3.8) is 0 Å². The van der Waals surface area contributed by atoms with E-state index in [1.54, 1.807) is 0 Å². The second kappa shape index (κ2) is 9.01. The number of benzene rings is 1. The summed E-state index contributed by atoms with van der Waals surface area (Å²) in [7, 11) is 0. The molecule has 1 aromatic heterocycles. The molecule has 4 rings (SSSR count). The maximum atomic E-state index is 5.80. The minimum absolute atomic E-state index is 0.575. The van der Waals surface area contributed by atoms with E-state index in [1.807, 2.05) is 61.8 Å². The molecule has 1 atom stereocenters. The molecule has 3 heterocycles. The van der Waals surface area contributed by atoms with Crippen molar-refractivity contribution in [2.45, 2.75) is 13.3 Å². The number of allylic oxidation sites excluding steroid dienone is 3. The monoisotopic (exact) mass is 400 g/mol. The number of para-hydroxylation sites is 1. The Bertz CT molecular complexity index is 974. The first-order valence-corrected chi connectivity index (χ1v) is 10.3. The lowest BCUT2D eigenvalue weighted by Crippen LogP contribution is -2.31. The van der Waals surface area contributed by atoms with Crippen molar-refractivity contribution in [2.75, 3.05) is 29.4 Å². The van der Waals surface area contributed by atoms with Gasteiger partial charge >= 0.3 is 0 Å². The van der Waals surface area contributed by atoms with Crippen LogP contribution in [-0.4, -0.2) is 24.6 Å². The lowest BCUT2D eigenvalue weighted by molar-refractivity contribution is 0.447. The highest BCUT2D eigenvalue weighted by Gasteiger charge is 2.33. The van der Waals surface area contributed by atoms with Gasteiger partial charge in [0.05, 0.1) is 17.6 Å². The quantitative estimate of drug-likeness (QED) is 0.532. The zero-order valence-electron chi connectivity index (χ0n) is 17.4. The van der Waals surface area contributed by atoms with Gasteiger partial charge in [0.2, 0.25) is 0 Å². The molecule has 0 radical (unpaired) electrons. The van der Waals surface area contributed by atoms with Crippen molar-refractivity contribution in [2.24, 2.45) is 5.92 Å². The van der Waals surface area contributed by atoms with Crippen molar-refractivity contribution >= 4 is 11.4 Å². The van der Waals surface area contributed by atoms with Crippen LogP contribution >= 0.6 is 0 Å². The van der Waals surface area contributed by atoms with Crippen LogP contribution in [0.5, 0.6) is 5.75 Å². The fourth-order valence-corrected chi connectivity index (χ4v) is 3.95. The number of nitrogens with zero attached hydrogens (tertiary/aromatic N) is 3. The van der Waals surface area contributed by atoms with E-state index in [2.05, 4.69) is 45.4 Å². The Morgan fingerprint density at radius 3 is 2.80 bits per heavy atom. The van der Waals surface area contributed by atoms with E-state index < -0.39 is 0 Å². The normalized spacial score (nSPS) is 18.9. The van der Waals surface area contributed by atoms with E-state index in [0.29, 0.717) is 11.7 Å². The summed E-state index contributed by atoms with van der Waals surface area (Å²) in [5.74, 6) is 2.90. The molecule has 0 amide bonds. The largest absolute Gasteiger partial charge is 0.458 e.